The second-order valence-corrected chi connectivity index (χ2v) is 7.41. The molecule has 0 aliphatic heterocycles. The number of carbonyl (C=O) groups is 1. The molecule has 0 saturated heterocycles. The van der Waals surface area contributed by atoms with Crippen molar-refractivity contribution >= 4 is 46.6 Å². The maximum absolute atomic E-state index is 13.2. The summed E-state index contributed by atoms with van der Waals surface area (Å²) in [6, 6.07) is 19.1. The van der Waals surface area contributed by atoms with Crippen LogP contribution in [0.1, 0.15) is 15.9 Å². The van der Waals surface area contributed by atoms with E-state index < -0.39 is 5.82 Å². The van der Waals surface area contributed by atoms with Crippen LogP contribution < -0.4 is 5.32 Å². The van der Waals surface area contributed by atoms with Gasteiger partial charge < -0.3 is 5.32 Å². The van der Waals surface area contributed by atoms with E-state index in [9.17, 15) is 9.18 Å². The average molecular weight is 406 g/mol. The highest BCUT2D eigenvalue weighted by Crippen LogP contribution is 2.25. The predicted molar refractivity (Wildman–Crippen MR) is 107 cm³/mol. The van der Waals surface area contributed by atoms with E-state index in [0.717, 1.165) is 16.2 Å². The van der Waals surface area contributed by atoms with Crippen LogP contribution in [0.4, 0.5) is 10.1 Å². The average Bonchev–Trinajstić information content (AvgIpc) is 2.65. The summed E-state index contributed by atoms with van der Waals surface area (Å²) in [5.74, 6) is -0.00585. The standard InChI is InChI=1S/C20H14Cl2FNOS/c21-15-5-8-17(9-6-15)26-12-13-1-3-14(4-2-13)20(25)24-16-7-10-19(23)18(22)11-16/h1-11H,12H2,(H,24,25). The van der Waals surface area contributed by atoms with Crippen molar-refractivity contribution in [3.8, 4) is 0 Å². The van der Waals surface area contributed by atoms with Crippen LogP contribution in [0.3, 0.4) is 0 Å². The lowest BCUT2D eigenvalue weighted by Gasteiger charge is -2.07. The van der Waals surface area contributed by atoms with Crippen molar-refractivity contribution in [1.82, 2.24) is 0 Å². The number of halogens is 3. The minimum Gasteiger partial charge on any atom is -0.322 e. The summed E-state index contributed by atoms with van der Waals surface area (Å²) in [4.78, 5) is 13.4. The van der Waals surface area contributed by atoms with E-state index in [4.69, 9.17) is 23.2 Å². The van der Waals surface area contributed by atoms with Gasteiger partial charge in [-0.05, 0) is 60.2 Å². The first-order valence-electron chi connectivity index (χ1n) is 7.75. The molecule has 0 spiro atoms. The van der Waals surface area contributed by atoms with Crippen molar-refractivity contribution in [3.05, 3.63) is 93.7 Å². The highest BCUT2D eigenvalue weighted by atomic mass is 35.5. The lowest BCUT2D eigenvalue weighted by atomic mass is 10.1. The number of hydrogen-bond donors (Lipinski definition) is 1. The van der Waals surface area contributed by atoms with Crippen LogP contribution in [-0.2, 0) is 5.75 Å². The summed E-state index contributed by atoms with van der Waals surface area (Å²) >= 11 is 13.3. The molecule has 0 aliphatic rings. The van der Waals surface area contributed by atoms with E-state index in [-0.39, 0.29) is 10.9 Å². The van der Waals surface area contributed by atoms with Gasteiger partial charge in [-0.15, -0.1) is 11.8 Å². The molecular weight excluding hydrogens is 392 g/mol. The Balaban J connectivity index is 1.60. The Hall–Kier alpha value is -2.01. The highest BCUT2D eigenvalue weighted by molar-refractivity contribution is 7.98. The molecule has 0 unspecified atom stereocenters. The topological polar surface area (TPSA) is 29.1 Å². The number of anilines is 1. The monoisotopic (exact) mass is 405 g/mol. The summed E-state index contributed by atoms with van der Waals surface area (Å²) in [6.07, 6.45) is 0. The van der Waals surface area contributed by atoms with Crippen LogP contribution in [0.25, 0.3) is 0 Å². The van der Waals surface area contributed by atoms with Crippen molar-refractivity contribution in [2.45, 2.75) is 10.6 Å². The van der Waals surface area contributed by atoms with E-state index in [1.54, 1.807) is 23.9 Å². The van der Waals surface area contributed by atoms with Gasteiger partial charge >= 0.3 is 0 Å². The van der Waals surface area contributed by atoms with Crippen LogP contribution in [0.15, 0.2) is 71.6 Å². The molecule has 6 heteroatoms. The molecule has 0 bridgehead atoms. The van der Waals surface area contributed by atoms with E-state index in [0.29, 0.717) is 16.3 Å². The Morgan fingerprint density at radius 3 is 2.31 bits per heavy atom. The van der Waals surface area contributed by atoms with Crippen LogP contribution in [0.5, 0.6) is 0 Å². The van der Waals surface area contributed by atoms with E-state index in [1.165, 1.54) is 18.2 Å². The van der Waals surface area contributed by atoms with Gasteiger partial charge in [0, 0.05) is 26.9 Å². The van der Waals surface area contributed by atoms with Crippen molar-refractivity contribution in [2.75, 3.05) is 5.32 Å². The van der Waals surface area contributed by atoms with Crippen LogP contribution in [0, 0.1) is 5.82 Å². The Morgan fingerprint density at radius 2 is 1.65 bits per heavy atom. The molecule has 26 heavy (non-hydrogen) atoms. The maximum Gasteiger partial charge on any atom is 0.255 e. The molecule has 132 valence electrons. The molecule has 0 radical (unpaired) electrons. The maximum atomic E-state index is 13.2. The van der Waals surface area contributed by atoms with E-state index in [2.05, 4.69) is 5.32 Å². The third-order valence-corrected chi connectivity index (χ3v) is 5.24. The number of carbonyl (C=O) groups excluding carboxylic acids is 1. The first-order chi connectivity index (χ1) is 12.5. The summed E-state index contributed by atoms with van der Waals surface area (Å²) in [5.41, 5.74) is 2.07. The second kappa shape index (κ2) is 8.58. The Kier molecular flexibility index (Phi) is 6.20. The lowest BCUT2D eigenvalue weighted by molar-refractivity contribution is 0.102. The normalized spacial score (nSPS) is 10.6. The van der Waals surface area contributed by atoms with Crippen molar-refractivity contribution < 1.29 is 9.18 Å². The van der Waals surface area contributed by atoms with Gasteiger partial charge in [-0.2, -0.15) is 0 Å². The number of benzene rings is 3. The zero-order chi connectivity index (χ0) is 18.5. The molecule has 0 atom stereocenters. The Morgan fingerprint density at radius 1 is 0.962 bits per heavy atom. The van der Waals surface area contributed by atoms with Gasteiger partial charge in [-0.25, -0.2) is 4.39 Å². The quantitative estimate of drug-likeness (QED) is 0.479. The molecular formula is C20H14Cl2FNOS. The zero-order valence-electron chi connectivity index (χ0n) is 13.5. The molecule has 1 amide bonds. The molecule has 0 saturated carbocycles. The van der Waals surface area contributed by atoms with Crippen LogP contribution in [-0.4, -0.2) is 5.91 Å². The summed E-state index contributed by atoms with van der Waals surface area (Å²) < 4.78 is 13.2. The number of thioether (sulfide) groups is 1. The minimum atomic E-state index is -0.521. The SMILES string of the molecule is O=C(Nc1ccc(F)c(Cl)c1)c1ccc(CSc2ccc(Cl)cc2)cc1. The fraction of sp³-hybridized carbons (Fsp3) is 0.0500. The first kappa shape index (κ1) is 18.8. The number of amides is 1. The molecule has 1 N–H and O–H groups in total. The Bertz CT molecular complexity index is 914. The number of hydrogen-bond acceptors (Lipinski definition) is 2. The smallest absolute Gasteiger partial charge is 0.255 e. The van der Waals surface area contributed by atoms with Gasteiger partial charge in [0.05, 0.1) is 5.02 Å². The van der Waals surface area contributed by atoms with Gasteiger partial charge in [-0.1, -0.05) is 35.3 Å². The first-order valence-corrected chi connectivity index (χ1v) is 9.49. The van der Waals surface area contributed by atoms with Crippen molar-refractivity contribution in [2.24, 2.45) is 0 Å². The number of rotatable bonds is 5. The van der Waals surface area contributed by atoms with E-state index >= 15 is 0 Å². The fourth-order valence-corrected chi connectivity index (χ4v) is 3.39. The highest BCUT2D eigenvalue weighted by Gasteiger charge is 2.08. The third kappa shape index (κ3) is 5.01. The second-order valence-electron chi connectivity index (χ2n) is 5.52. The summed E-state index contributed by atoms with van der Waals surface area (Å²) in [7, 11) is 0. The van der Waals surface area contributed by atoms with Crippen molar-refractivity contribution in [3.63, 3.8) is 0 Å². The van der Waals surface area contributed by atoms with Gasteiger partial charge in [0.25, 0.3) is 5.91 Å². The van der Waals surface area contributed by atoms with Crippen molar-refractivity contribution in [1.29, 1.82) is 0 Å². The molecule has 3 aromatic rings. The largest absolute Gasteiger partial charge is 0.322 e. The summed E-state index contributed by atoms with van der Waals surface area (Å²) in [5, 5.41) is 3.39. The van der Waals surface area contributed by atoms with E-state index in [1.807, 2.05) is 36.4 Å². The third-order valence-electron chi connectivity index (χ3n) is 3.61. The molecule has 3 aromatic carbocycles. The number of nitrogens with one attached hydrogen (secondary N) is 1. The van der Waals surface area contributed by atoms with Gasteiger partial charge in [0.2, 0.25) is 0 Å². The summed E-state index contributed by atoms with van der Waals surface area (Å²) in [6.45, 7) is 0. The predicted octanol–water partition coefficient (Wildman–Crippen LogP) is 6.68. The molecule has 0 aliphatic carbocycles. The Labute approximate surface area is 165 Å². The minimum absolute atomic E-state index is 0.0302. The van der Waals surface area contributed by atoms with Gasteiger partial charge in [0.15, 0.2) is 0 Å². The van der Waals surface area contributed by atoms with Gasteiger partial charge in [0.1, 0.15) is 5.82 Å². The fourth-order valence-electron chi connectivity index (χ4n) is 2.23. The van der Waals surface area contributed by atoms with Gasteiger partial charge in [-0.3, -0.25) is 4.79 Å². The van der Waals surface area contributed by atoms with Crippen LogP contribution in [0.2, 0.25) is 10.0 Å². The zero-order valence-corrected chi connectivity index (χ0v) is 15.8. The molecule has 3 rings (SSSR count). The molecule has 0 fully saturated rings. The van der Waals surface area contributed by atoms with Crippen LogP contribution >= 0.6 is 35.0 Å². The molecule has 0 aromatic heterocycles. The molecule has 2 nitrogen and oxygen atoms in total. The molecule has 0 heterocycles. The lowest BCUT2D eigenvalue weighted by Crippen LogP contribution is -2.11.